The fraction of sp³-hybridized carbons (Fsp3) is 1.00. The molecule has 34 heavy (non-hydrogen) atoms. The zero-order valence-corrected chi connectivity index (χ0v) is 27.4. The van der Waals surface area contributed by atoms with Crippen LogP contribution in [0.25, 0.3) is 0 Å². The Bertz CT molecular complexity index is 403. The second-order valence-corrected chi connectivity index (χ2v) is 14.6. The first kappa shape index (κ1) is 34.5. The Labute approximate surface area is 223 Å². The summed E-state index contributed by atoms with van der Waals surface area (Å²) in [6.07, 6.45) is 0.877. The first-order valence-corrected chi connectivity index (χ1v) is 16.4. The Morgan fingerprint density at radius 3 is 0.588 bits per heavy atom. The summed E-state index contributed by atoms with van der Waals surface area (Å²) >= 11 is 0. The molecule has 0 saturated carbocycles. The molecule has 0 bridgehead atoms. The second kappa shape index (κ2) is 16.4. The Kier molecular flexibility index (Phi) is 16.7. The van der Waals surface area contributed by atoms with Gasteiger partial charge in [0, 0.05) is 59.8 Å². The van der Waals surface area contributed by atoms with Crippen LogP contribution in [-0.4, -0.2) is 91.8 Å². The van der Waals surface area contributed by atoms with Crippen LogP contribution in [-0.2, 0) is 0 Å². The molecule has 0 spiro atoms. The van der Waals surface area contributed by atoms with Gasteiger partial charge in [-0.15, -0.1) is 0 Å². The molecule has 0 aliphatic carbocycles. The van der Waals surface area contributed by atoms with Gasteiger partial charge >= 0.3 is 0 Å². The second-order valence-electron chi connectivity index (χ2n) is 12.1. The predicted molar refractivity (Wildman–Crippen MR) is 161 cm³/mol. The summed E-state index contributed by atoms with van der Waals surface area (Å²) in [6.45, 7) is 37.7. The third kappa shape index (κ3) is 10.5. The van der Waals surface area contributed by atoms with Gasteiger partial charge in [0.15, 0.2) is 0 Å². The molecule has 0 atom stereocenters. The molecule has 4 nitrogen and oxygen atoms in total. The average molecular weight is 519 g/mol. The summed E-state index contributed by atoms with van der Waals surface area (Å²) in [5.74, 6) is 2.24. The van der Waals surface area contributed by atoms with Crippen LogP contribution in [0.15, 0.2) is 0 Å². The van der Waals surface area contributed by atoms with Crippen LogP contribution in [0.1, 0.15) is 111 Å². The van der Waals surface area contributed by atoms with Crippen LogP contribution >= 0.6 is 21.6 Å². The molecule has 0 heterocycles. The fourth-order valence-electron chi connectivity index (χ4n) is 6.01. The highest BCUT2D eigenvalue weighted by Crippen LogP contribution is 2.32. The molecule has 0 rings (SSSR count). The lowest BCUT2D eigenvalue weighted by Gasteiger charge is -2.48. The molecular weight excluding hydrogens is 456 g/mol. The SMILES string of the molecule is CC(C)N(C(C)C)C(CSSCC(N(C(C)C)C(C)C)N(C(C)C)C(C)C)N(C(C)C)C(C)C. The molecule has 6 heteroatoms. The van der Waals surface area contributed by atoms with Crippen LogP contribution in [0.4, 0.5) is 0 Å². The summed E-state index contributed by atoms with van der Waals surface area (Å²) in [7, 11) is 4.16. The lowest BCUT2D eigenvalue weighted by atomic mass is 10.1. The maximum atomic E-state index is 2.72. The van der Waals surface area contributed by atoms with Gasteiger partial charge in [0.05, 0.1) is 12.3 Å². The average Bonchev–Trinajstić information content (AvgIpc) is 2.62. The molecule has 0 N–H and O–H groups in total. The summed E-state index contributed by atoms with van der Waals surface area (Å²) in [5.41, 5.74) is 0. The van der Waals surface area contributed by atoms with E-state index in [0.29, 0.717) is 60.7 Å². The van der Waals surface area contributed by atoms with Gasteiger partial charge in [-0.05, 0) is 111 Å². The zero-order chi connectivity index (χ0) is 26.9. The number of hydrogen-bond acceptors (Lipinski definition) is 6. The minimum absolute atomic E-state index is 0.438. The van der Waals surface area contributed by atoms with Crippen molar-refractivity contribution in [3.05, 3.63) is 0 Å². The van der Waals surface area contributed by atoms with Crippen molar-refractivity contribution in [2.24, 2.45) is 0 Å². The lowest BCUT2D eigenvalue weighted by molar-refractivity contribution is -0.0217. The third-order valence-corrected chi connectivity index (χ3v) is 9.02. The van der Waals surface area contributed by atoms with Crippen molar-refractivity contribution in [3.8, 4) is 0 Å². The third-order valence-electron chi connectivity index (χ3n) is 6.66. The summed E-state index contributed by atoms with van der Waals surface area (Å²) < 4.78 is 0. The minimum atomic E-state index is 0.438. The van der Waals surface area contributed by atoms with Crippen molar-refractivity contribution in [1.82, 2.24) is 19.6 Å². The summed E-state index contributed by atoms with van der Waals surface area (Å²) in [5, 5.41) is 0. The molecule has 0 amide bonds. The van der Waals surface area contributed by atoms with E-state index in [4.69, 9.17) is 0 Å². The van der Waals surface area contributed by atoms with E-state index in [2.05, 4.69) is 152 Å². The van der Waals surface area contributed by atoms with Gasteiger partial charge in [0.25, 0.3) is 0 Å². The maximum absolute atomic E-state index is 2.72. The Morgan fingerprint density at radius 2 is 0.471 bits per heavy atom. The zero-order valence-electron chi connectivity index (χ0n) is 25.8. The molecule has 0 aromatic rings. The van der Waals surface area contributed by atoms with E-state index in [0.717, 1.165) is 11.5 Å². The molecule has 0 unspecified atom stereocenters. The van der Waals surface area contributed by atoms with Crippen molar-refractivity contribution in [1.29, 1.82) is 0 Å². The van der Waals surface area contributed by atoms with Crippen molar-refractivity contribution < 1.29 is 0 Å². The van der Waals surface area contributed by atoms with Gasteiger partial charge in [-0.1, -0.05) is 21.6 Å². The molecule has 0 aromatic carbocycles. The molecule has 0 aliphatic rings. The van der Waals surface area contributed by atoms with E-state index in [-0.39, 0.29) is 0 Å². The quantitative estimate of drug-likeness (QED) is 0.111. The lowest BCUT2D eigenvalue weighted by Crippen LogP contribution is -2.59. The van der Waals surface area contributed by atoms with Crippen LogP contribution in [0, 0.1) is 0 Å². The van der Waals surface area contributed by atoms with Gasteiger partial charge in [-0.25, -0.2) is 0 Å². The van der Waals surface area contributed by atoms with Crippen molar-refractivity contribution in [3.63, 3.8) is 0 Å². The molecule has 0 aliphatic heterocycles. The van der Waals surface area contributed by atoms with E-state index < -0.39 is 0 Å². The molecule has 0 radical (unpaired) electrons. The van der Waals surface area contributed by atoms with E-state index in [1.807, 2.05) is 0 Å². The summed E-state index contributed by atoms with van der Waals surface area (Å²) in [4.78, 5) is 10.9. The largest absolute Gasteiger partial charge is 0.282 e. The first-order chi connectivity index (χ1) is 15.6. The Hall–Kier alpha value is 0.540. The van der Waals surface area contributed by atoms with Crippen LogP contribution < -0.4 is 0 Å². The van der Waals surface area contributed by atoms with Crippen LogP contribution in [0.5, 0.6) is 0 Å². The maximum Gasteiger partial charge on any atom is 0.0733 e. The van der Waals surface area contributed by atoms with E-state index in [9.17, 15) is 0 Å². The van der Waals surface area contributed by atoms with Gasteiger partial charge < -0.3 is 0 Å². The molecule has 0 aromatic heterocycles. The fourth-order valence-corrected chi connectivity index (χ4v) is 8.44. The van der Waals surface area contributed by atoms with Crippen LogP contribution in [0.2, 0.25) is 0 Å². The highest BCUT2D eigenvalue weighted by Gasteiger charge is 2.34. The smallest absolute Gasteiger partial charge is 0.0733 e. The molecule has 206 valence electrons. The van der Waals surface area contributed by atoms with E-state index in [1.165, 1.54) is 0 Å². The highest BCUT2D eigenvalue weighted by molar-refractivity contribution is 8.76. The molecular formula is C28H62N4S2. The van der Waals surface area contributed by atoms with Crippen molar-refractivity contribution in [2.75, 3.05) is 11.5 Å². The van der Waals surface area contributed by atoms with Crippen molar-refractivity contribution >= 4 is 21.6 Å². The highest BCUT2D eigenvalue weighted by atomic mass is 33.1. The first-order valence-electron chi connectivity index (χ1n) is 13.9. The normalized spacial score (nSPS) is 13.9. The molecule has 0 fully saturated rings. The Morgan fingerprint density at radius 1 is 0.324 bits per heavy atom. The topological polar surface area (TPSA) is 13.0 Å². The Balaban J connectivity index is 5.77. The monoisotopic (exact) mass is 518 g/mol. The van der Waals surface area contributed by atoms with Gasteiger partial charge in [0.1, 0.15) is 0 Å². The predicted octanol–water partition coefficient (Wildman–Crippen LogP) is 7.50. The number of rotatable bonds is 17. The van der Waals surface area contributed by atoms with Gasteiger partial charge in [0.2, 0.25) is 0 Å². The van der Waals surface area contributed by atoms with E-state index >= 15 is 0 Å². The van der Waals surface area contributed by atoms with Crippen LogP contribution in [0.3, 0.4) is 0 Å². The molecule has 0 saturated heterocycles. The van der Waals surface area contributed by atoms with E-state index in [1.54, 1.807) is 0 Å². The number of hydrogen-bond donors (Lipinski definition) is 0. The summed E-state index contributed by atoms with van der Waals surface area (Å²) in [6, 6.07) is 4.21. The van der Waals surface area contributed by atoms with Gasteiger partial charge in [-0.3, -0.25) is 19.6 Å². The number of nitrogens with zero attached hydrogens (tertiary/aromatic N) is 4. The standard InChI is InChI=1S/C28H62N4S2/c1-19(2)29(20(3)4)27(30(21(5)6)22(7)8)17-33-34-18-28(31(23(9)10)24(11)12)32(25(13)14)26(15)16/h19-28H,17-18H2,1-16H3. The minimum Gasteiger partial charge on any atom is -0.282 e. The van der Waals surface area contributed by atoms with Gasteiger partial charge in [-0.2, -0.15) is 0 Å². The van der Waals surface area contributed by atoms with Crippen molar-refractivity contribution in [2.45, 2.75) is 171 Å².